The summed E-state index contributed by atoms with van der Waals surface area (Å²) in [6.07, 6.45) is 4.05. The lowest BCUT2D eigenvalue weighted by Gasteiger charge is -2.23. The lowest BCUT2D eigenvalue weighted by atomic mass is 10.0. The first-order valence-electron chi connectivity index (χ1n) is 4.65. The Morgan fingerprint density at radius 2 is 2.31 bits per heavy atom. The molecule has 0 aliphatic carbocycles. The summed E-state index contributed by atoms with van der Waals surface area (Å²) in [7, 11) is 0. The van der Waals surface area contributed by atoms with Crippen molar-refractivity contribution in [2.75, 3.05) is 6.54 Å². The molecule has 0 aromatic carbocycles. The van der Waals surface area contributed by atoms with E-state index in [1.165, 1.54) is 31.4 Å². The van der Waals surface area contributed by atoms with E-state index in [4.69, 9.17) is 0 Å². The first-order chi connectivity index (χ1) is 5.88. The molecule has 1 nitrogen and oxygen atoms in total. The average Bonchev–Trinajstić information content (AvgIpc) is 2.53. The van der Waals surface area contributed by atoms with Crippen LogP contribution in [0.15, 0.2) is 11.4 Å². The molecule has 1 atom stereocenters. The molecule has 1 saturated heterocycles. The van der Waals surface area contributed by atoms with Gasteiger partial charge in [-0.2, -0.15) is 0 Å². The topological polar surface area (TPSA) is 12.0 Å². The maximum absolute atomic E-state index is 3.57. The van der Waals surface area contributed by atoms with Gasteiger partial charge in [0.1, 0.15) is 0 Å². The van der Waals surface area contributed by atoms with Crippen molar-refractivity contribution >= 4 is 23.7 Å². The molecule has 1 aromatic rings. The number of nitrogens with one attached hydrogen (secondary N) is 1. The van der Waals surface area contributed by atoms with Crippen molar-refractivity contribution in [1.82, 2.24) is 5.32 Å². The van der Waals surface area contributed by atoms with Crippen molar-refractivity contribution in [2.45, 2.75) is 32.2 Å². The largest absolute Gasteiger partial charge is 0.309 e. The summed E-state index contributed by atoms with van der Waals surface area (Å²) in [6.45, 7) is 3.41. The maximum atomic E-state index is 3.57. The van der Waals surface area contributed by atoms with Crippen LogP contribution in [0.5, 0.6) is 0 Å². The Bertz CT molecular complexity index is 253. The molecule has 1 N–H and O–H groups in total. The van der Waals surface area contributed by atoms with Gasteiger partial charge in [-0.25, -0.2) is 0 Å². The van der Waals surface area contributed by atoms with Crippen LogP contribution in [-0.2, 0) is 0 Å². The van der Waals surface area contributed by atoms with Crippen LogP contribution in [0.2, 0.25) is 0 Å². The second kappa shape index (κ2) is 4.99. The molecule has 0 amide bonds. The third-order valence-corrected chi connectivity index (χ3v) is 3.66. The van der Waals surface area contributed by atoms with Crippen molar-refractivity contribution in [1.29, 1.82) is 0 Å². The van der Waals surface area contributed by atoms with Gasteiger partial charge < -0.3 is 5.32 Å². The zero-order chi connectivity index (χ0) is 8.39. The number of aryl methyl sites for hydroxylation is 1. The number of thiophene rings is 1. The number of piperidine rings is 1. The van der Waals surface area contributed by atoms with E-state index in [1.54, 1.807) is 4.88 Å². The molecule has 0 radical (unpaired) electrons. The van der Waals surface area contributed by atoms with E-state index in [9.17, 15) is 0 Å². The van der Waals surface area contributed by atoms with Gasteiger partial charge in [0.25, 0.3) is 0 Å². The van der Waals surface area contributed by atoms with Gasteiger partial charge in [-0.1, -0.05) is 6.42 Å². The van der Waals surface area contributed by atoms with Crippen LogP contribution in [0.4, 0.5) is 0 Å². The van der Waals surface area contributed by atoms with Crippen molar-refractivity contribution in [3.8, 4) is 0 Å². The molecule has 74 valence electrons. The molecule has 1 aliphatic heterocycles. The van der Waals surface area contributed by atoms with Gasteiger partial charge in [0.05, 0.1) is 0 Å². The molecule has 1 fully saturated rings. The summed E-state index contributed by atoms with van der Waals surface area (Å²) in [5.41, 5.74) is 1.46. The van der Waals surface area contributed by atoms with Gasteiger partial charge >= 0.3 is 0 Å². The molecule has 3 heteroatoms. The van der Waals surface area contributed by atoms with Crippen LogP contribution in [0, 0.1) is 6.92 Å². The van der Waals surface area contributed by atoms with Crippen molar-refractivity contribution in [2.24, 2.45) is 0 Å². The SMILES string of the molecule is Cc1ccsc1[C@@H]1CCCCN1.Cl. The van der Waals surface area contributed by atoms with E-state index in [2.05, 4.69) is 23.7 Å². The Hall–Kier alpha value is -0.0500. The van der Waals surface area contributed by atoms with Crippen LogP contribution in [0.1, 0.15) is 35.7 Å². The standard InChI is InChI=1S/C10H15NS.ClH/c1-8-5-7-12-10(8)9-4-2-3-6-11-9;/h5,7,9,11H,2-4,6H2,1H3;1H/t9-;/m0./s1. The van der Waals surface area contributed by atoms with Crippen LogP contribution >= 0.6 is 23.7 Å². The summed E-state index contributed by atoms with van der Waals surface area (Å²) >= 11 is 1.89. The highest BCUT2D eigenvalue weighted by molar-refractivity contribution is 7.10. The second-order valence-corrected chi connectivity index (χ2v) is 4.42. The Kier molecular flexibility index (Phi) is 4.23. The van der Waals surface area contributed by atoms with E-state index >= 15 is 0 Å². The van der Waals surface area contributed by atoms with E-state index in [-0.39, 0.29) is 12.4 Å². The van der Waals surface area contributed by atoms with Gasteiger partial charge in [0.15, 0.2) is 0 Å². The van der Waals surface area contributed by atoms with Crippen LogP contribution in [0.25, 0.3) is 0 Å². The molecule has 0 saturated carbocycles. The lowest BCUT2D eigenvalue weighted by Crippen LogP contribution is -2.26. The predicted molar refractivity (Wildman–Crippen MR) is 60.9 cm³/mol. The zero-order valence-corrected chi connectivity index (χ0v) is 9.51. The molecular weight excluding hydrogens is 202 g/mol. The fourth-order valence-electron chi connectivity index (χ4n) is 1.82. The number of halogens is 1. The highest BCUT2D eigenvalue weighted by atomic mass is 35.5. The summed E-state index contributed by atoms with van der Waals surface area (Å²) in [6, 6.07) is 2.87. The maximum Gasteiger partial charge on any atom is 0.0417 e. The minimum absolute atomic E-state index is 0. The highest BCUT2D eigenvalue weighted by Crippen LogP contribution is 2.29. The quantitative estimate of drug-likeness (QED) is 0.761. The van der Waals surface area contributed by atoms with Crippen molar-refractivity contribution < 1.29 is 0 Å². The molecule has 13 heavy (non-hydrogen) atoms. The monoisotopic (exact) mass is 217 g/mol. The minimum atomic E-state index is 0. The van der Waals surface area contributed by atoms with Crippen LogP contribution < -0.4 is 5.32 Å². The number of rotatable bonds is 1. The summed E-state index contributed by atoms with van der Waals surface area (Å²) < 4.78 is 0. The lowest BCUT2D eigenvalue weighted by molar-refractivity contribution is 0.416. The van der Waals surface area contributed by atoms with Gasteiger partial charge in [0.2, 0.25) is 0 Å². The van der Waals surface area contributed by atoms with Crippen LogP contribution in [-0.4, -0.2) is 6.54 Å². The minimum Gasteiger partial charge on any atom is -0.309 e. The van der Waals surface area contributed by atoms with Gasteiger partial charge in [-0.3, -0.25) is 0 Å². The summed E-state index contributed by atoms with van der Waals surface area (Å²) in [5.74, 6) is 0. The Morgan fingerprint density at radius 1 is 1.46 bits per heavy atom. The Labute approximate surface area is 90.0 Å². The predicted octanol–water partition coefficient (Wildman–Crippen LogP) is 3.29. The van der Waals surface area contributed by atoms with Crippen molar-refractivity contribution in [3.63, 3.8) is 0 Å². The van der Waals surface area contributed by atoms with Gasteiger partial charge in [-0.15, -0.1) is 23.7 Å². The number of hydrogen-bond donors (Lipinski definition) is 1. The molecule has 0 spiro atoms. The van der Waals surface area contributed by atoms with Gasteiger partial charge in [0, 0.05) is 10.9 Å². The smallest absolute Gasteiger partial charge is 0.0417 e. The molecule has 2 heterocycles. The fraction of sp³-hybridized carbons (Fsp3) is 0.600. The fourth-order valence-corrected chi connectivity index (χ4v) is 2.86. The van der Waals surface area contributed by atoms with E-state index in [0.717, 1.165) is 0 Å². The van der Waals surface area contributed by atoms with Crippen LogP contribution in [0.3, 0.4) is 0 Å². The molecule has 2 rings (SSSR count). The van der Waals surface area contributed by atoms with Gasteiger partial charge in [-0.05, 0) is 43.3 Å². The number of hydrogen-bond acceptors (Lipinski definition) is 2. The summed E-state index contributed by atoms with van der Waals surface area (Å²) in [4.78, 5) is 1.55. The molecule has 1 aromatic heterocycles. The van der Waals surface area contributed by atoms with E-state index in [1.807, 2.05) is 11.3 Å². The molecular formula is C10H16ClNS. The Balaban J connectivity index is 0.000000845. The third kappa shape index (κ3) is 2.46. The van der Waals surface area contributed by atoms with E-state index < -0.39 is 0 Å². The zero-order valence-electron chi connectivity index (χ0n) is 7.88. The average molecular weight is 218 g/mol. The second-order valence-electron chi connectivity index (χ2n) is 3.47. The Morgan fingerprint density at radius 3 is 2.85 bits per heavy atom. The normalized spacial score (nSPS) is 22.4. The molecule has 0 unspecified atom stereocenters. The first kappa shape index (κ1) is 11.0. The third-order valence-electron chi connectivity index (χ3n) is 2.53. The highest BCUT2D eigenvalue weighted by Gasteiger charge is 2.16. The first-order valence-corrected chi connectivity index (χ1v) is 5.53. The van der Waals surface area contributed by atoms with Crippen molar-refractivity contribution in [3.05, 3.63) is 21.9 Å². The molecule has 1 aliphatic rings. The summed E-state index contributed by atoms with van der Waals surface area (Å²) in [5, 5.41) is 5.77. The van der Waals surface area contributed by atoms with E-state index in [0.29, 0.717) is 6.04 Å². The molecule has 0 bridgehead atoms.